The first-order valence-corrected chi connectivity index (χ1v) is 9.49. The number of hydrogen-bond donors (Lipinski definition) is 2. The van der Waals surface area contributed by atoms with Crippen LogP contribution in [0.25, 0.3) is 0 Å². The lowest BCUT2D eigenvalue weighted by atomic mass is 9.94. The summed E-state index contributed by atoms with van der Waals surface area (Å²) in [5, 5.41) is 5.67. The number of anilines is 1. The molecule has 5 nitrogen and oxygen atoms in total. The summed E-state index contributed by atoms with van der Waals surface area (Å²) < 4.78 is 26.3. The maximum absolute atomic E-state index is 13.3. The molecule has 7 heteroatoms. The van der Waals surface area contributed by atoms with Gasteiger partial charge in [0.1, 0.15) is 0 Å². The number of benzene rings is 1. The summed E-state index contributed by atoms with van der Waals surface area (Å²) in [5.74, 6) is -1.80. The summed E-state index contributed by atoms with van der Waals surface area (Å²) in [4.78, 5) is 26.7. The van der Waals surface area contributed by atoms with Crippen molar-refractivity contribution >= 4 is 17.5 Å². The minimum absolute atomic E-state index is 0.0381. The van der Waals surface area contributed by atoms with E-state index in [2.05, 4.69) is 24.5 Å². The monoisotopic (exact) mass is 381 g/mol. The normalized spacial score (nSPS) is 18.2. The van der Waals surface area contributed by atoms with Crippen molar-refractivity contribution in [3.8, 4) is 0 Å². The molecule has 2 amide bonds. The summed E-state index contributed by atoms with van der Waals surface area (Å²) in [6.07, 6.45) is 1.39. The Morgan fingerprint density at radius 1 is 1.07 bits per heavy atom. The number of nitrogens with one attached hydrogen (secondary N) is 2. The van der Waals surface area contributed by atoms with Gasteiger partial charge in [-0.05, 0) is 57.8 Å². The van der Waals surface area contributed by atoms with Crippen LogP contribution in [0.1, 0.15) is 40.5 Å². The highest BCUT2D eigenvalue weighted by atomic mass is 19.2. The number of hydrogen-bond acceptors (Lipinski definition) is 3. The van der Waals surface area contributed by atoms with E-state index < -0.39 is 17.7 Å². The number of amides is 2. The maximum atomic E-state index is 13.3. The van der Waals surface area contributed by atoms with Crippen LogP contribution in [0.3, 0.4) is 0 Å². The van der Waals surface area contributed by atoms with E-state index in [0.29, 0.717) is 31.8 Å². The Balaban J connectivity index is 1.84. The van der Waals surface area contributed by atoms with Gasteiger partial charge in [0, 0.05) is 23.7 Å². The molecule has 1 saturated heterocycles. The van der Waals surface area contributed by atoms with Gasteiger partial charge in [-0.2, -0.15) is 0 Å². The average Bonchev–Trinajstić information content (AvgIpc) is 2.64. The zero-order valence-corrected chi connectivity index (χ0v) is 16.4. The number of nitrogens with zero attached hydrogens (tertiary/aromatic N) is 1. The van der Waals surface area contributed by atoms with E-state index in [1.807, 2.05) is 11.8 Å². The van der Waals surface area contributed by atoms with Crippen LogP contribution >= 0.6 is 0 Å². The summed E-state index contributed by atoms with van der Waals surface area (Å²) in [7, 11) is 0. The highest BCUT2D eigenvalue weighted by Crippen LogP contribution is 2.21. The maximum Gasteiger partial charge on any atom is 0.241 e. The molecule has 1 heterocycles. The molecule has 2 N–H and O–H groups in total. The SMILES string of the molecule is CC(C)C(C)NC(=O)C1CCN(C(C)C(=O)Nc2ccc(F)c(F)c2)CC1. The summed E-state index contributed by atoms with van der Waals surface area (Å²) in [6, 6.07) is 2.99. The van der Waals surface area contributed by atoms with Crippen LogP contribution in [0.2, 0.25) is 0 Å². The second kappa shape index (κ2) is 9.26. The molecule has 150 valence electrons. The first-order valence-electron chi connectivity index (χ1n) is 9.49. The van der Waals surface area contributed by atoms with Crippen LogP contribution in [0.15, 0.2) is 18.2 Å². The highest BCUT2D eigenvalue weighted by molar-refractivity contribution is 5.94. The Bertz CT molecular complexity index is 673. The van der Waals surface area contributed by atoms with Crippen molar-refractivity contribution in [3.63, 3.8) is 0 Å². The van der Waals surface area contributed by atoms with E-state index in [9.17, 15) is 18.4 Å². The van der Waals surface area contributed by atoms with Crippen LogP contribution in [0, 0.1) is 23.5 Å². The molecule has 0 bridgehead atoms. The van der Waals surface area contributed by atoms with Crippen LogP contribution < -0.4 is 10.6 Å². The first-order chi connectivity index (χ1) is 12.7. The zero-order valence-electron chi connectivity index (χ0n) is 16.4. The zero-order chi connectivity index (χ0) is 20.1. The average molecular weight is 381 g/mol. The first kappa shape index (κ1) is 21.3. The van der Waals surface area contributed by atoms with E-state index in [-0.39, 0.29) is 29.5 Å². The summed E-state index contributed by atoms with van der Waals surface area (Å²) in [5.41, 5.74) is 0.225. The van der Waals surface area contributed by atoms with E-state index >= 15 is 0 Å². The van der Waals surface area contributed by atoms with Gasteiger partial charge >= 0.3 is 0 Å². The highest BCUT2D eigenvalue weighted by Gasteiger charge is 2.30. The fraction of sp³-hybridized carbons (Fsp3) is 0.600. The smallest absolute Gasteiger partial charge is 0.241 e. The van der Waals surface area contributed by atoms with Gasteiger partial charge in [-0.25, -0.2) is 8.78 Å². The number of rotatable bonds is 6. The van der Waals surface area contributed by atoms with Crippen molar-refractivity contribution in [3.05, 3.63) is 29.8 Å². The third-order valence-corrected chi connectivity index (χ3v) is 5.38. The fourth-order valence-electron chi connectivity index (χ4n) is 3.04. The fourth-order valence-corrected chi connectivity index (χ4v) is 3.04. The molecule has 1 aliphatic rings. The Labute approximate surface area is 159 Å². The second-order valence-electron chi connectivity index (χ2n) is 7.65. The molecule has 0 aromatic heterocycles. The molecule has 1 aliphatic heterocycles. The van der Waals surface area contributed by atoms with Crippen molar-refractivity contribution < 1.29 is 18.4 Å². The predicted molar refractivity (Wildman–Crippen MR) is 101 cm³/mol. The van der Waals surface area contributed by atoms with Gasteiger partial charge in [0.25, 0.3) is 0 Å². The number of carbonyl (C=O) groups is 2. The minimum Gasteiger partial charge on any atom is -0.353 e. The molecule has 2 rings (SSSR count). The molecule has 0 aliphatic carbocycles. The molecule has 2 unspecified atom stereocenters. The predicted octanol–water partition coefficient (Wildman–Crippen LogP) is 3.16. The number of carbonyl (C=O) groups excluding carboxylic acids is 2. The third-order valence-electron chi connectivity index (χ3n) is 5.38. The van der Waals surface area contributed by atoms with Crippen molar-refractivity contribution in [2.75, 3.05) is 18.4 Å². The standard InChI is InChI=1S/C20H29F2N3O2/c1-12(2)13(3)23-20(27)15-7-9-25(10-8-15)14(4)19(26)24-16-5-6-17(21)18(22)11-16/h5-6,11-15H,7-10H2,1-4H3,(H,23,27)(H,24,26). The van der Waals surface area contributed by atoms with Gasteiger partial charge in [0.15, 0.2) is 11.6 Å². The van der Waals surface area contributed by atoms with Crippen LogP contribution in [-0.4, -0.2) is 41.9 Å². The summed E-state index contributed by atoms with van der Waals surface area (Å²) >= 11 is 0. The van der Waals surface area contributed by atoms with E-state index in [0.717, 1.165) is 12.1 Å². The van der Waals surface area contributed by atoms with Crippen LogP contribution in [0.4, 0.5) is 14.5 Å². The lowest BCUT2D eigenvalue weighted by Crippen LogP contribution is -2.49. The van der Waals surface area contributed by atoms with Crippen LogP contribution in [0.5, 0.6) is 0 Å². The number of halogens is 2. The molecular weight excluding hydrogens is 352 g/mol. The lowest BCUT2D eigenvalue weighted by Gasteiger charge is -2.35. The van der Waals surface area contributed by atoms with E-state index in [4.69, 9.17) is 0 Å². The van der Waals surface area contributed by atoms with Gasteiger partial charge in [0.2, 0.25) is 11.8 Å². The molecule has 1 aromatic rings. The quantitative estimate of drug-likeness (QED) is 0.796. The molecule has 0 radical (unpaired) electrons. The molecule has 0 spiro atoms. The molecule has 2 atom stereocenters. The molecular formula is C20H29F2N3O2. The van der Waals surface area contributed by atoms with E-state index in [1.165, 1.54) is 6.07 Å². The van der Waals surface area contributed by atoms with Gasteiger partial charge in [-0.1, -0.05) is 13.8 Å². The number of likely N-dealkylation sites (tertiary alicyclic amines) is 1. The van der Waals surface area contributed by atoms with Crippen molar-refractivity contribution in [1.29, 1.82) is 0 Å². The topological polar surface area (TPSA) is 61.4 Å². The number of piperidine rings is 1. The van der Waals surface area contributed by atoms with Gasteiger partial charge < -0.3 is 10.6 Å². The third kappa shape index (κ3) is 5.73. The van der Waals surface area contributed by atoms with Crippen molar-refractivity contribution in [2.45, 2.75) is 52.6 Å². The lowest BCUT2D eigenvalue weighted by molar-refractivity contribution is -0.128. The van der Waals surface area contributed by atoms with Gasteiger partial charge in [-0.3, -0.25) is 14.5 Å². The van der Waals surface area contributed by atoms with Gasteiger partial charge in [0.05, 0.1) is 6.04 Å². The largest absolute Gasteiger partial charge is 0.353 e. The second-order valence-corrected chi connectivity index (χ2v) is 7.65. The molecule has 27 heavy (non-hydrogen) atoms. The summed E-state index contributed by atoms with van der Waals surface area (Å²) in [6.45, 7) is 9.20. The van der Waals surface area contributed by atoms with Crippen molar-refractivity contribution in [1.82, 2.24) is 10.2 Å². The Hall–Kier alpha value is -2.02. The molecule has 1 aromatic carbocycles. The minimum atomic E-state index is -0.997. The molecule has 1 fully saturated rings. The Morgan fingerprint density at radius 3 is 2.26 bits per heavy atom. The van der Waals surface area contributed by atoms with Crippen LogP contribution in [-0.2, 0) is 9.59 Å². The van der Waals surface area contributed by atoms with E-state index in [1.54, 1.807) is 6.92 Å². The Morgan fingerprint density at radius 2 is 1.70 bits per heavy atom. The van der Waals surface area contributed by atoms with Crippen molar-refractivity contribution in [2.24, 2.45) is 11.8 Å². The molecule has 0 saturated carbocycles. The Kier molecular flexibility index (Phi) is 7.30. The van der Waals surface area contributed by atoms with Gasteiger partial charge in [-0.15, -0.1) is 0 Å².